The van der Waals surface area contributed by atoms with E-state index in [1.165, 1.54) is 0 Å². The van der Waals surface area contributed by atoms with Crippen molar-refractivity contribution >= 4 is 15.9 Å². The van der Waals surface area contributed by atoms with Gasteiger partial charge in [0.05, 0.1) is 10.2 Å². The summed E-state index contributed by atoms with van der Waals surface area (Å²) in [6.07, 6.45) is 3.28. The predicted octanol–water partition coefficient (Wildman–Crippen LogP) is 1.69. The molecule has 1 aromatic rings. The molecule has 0 aliphatic carbocycles. The molecular formula is C8H12BrN3. The van der Waals surface area contributed by atoms with Gasteiger partial charge in [0.2, 0.25) is 0 Å². The van der Waals surface area contributed by atoms with E-state index in [4.69, 9.17) is 5.73 Å². The summed E-state index contributed by atoms with van der Waals surface area (Å²) in [5.74, 6) is 0.252. The highest BCUT2D eigenvalue weighted by molar-refractivity contribution is 9.10. The fourth-order valence-corrected chi connectivity index (χ4v) is 1.49. The Morgan fingerprint density at radius 3 is 2.67 bits per heavy atom. The molecule has 0 amide bonds. The highest BCUT2D eigenvalue weighted by Gasteiger charge is 2.14. The minimum absolute atomic E-state index is 0.108. The normalized spacial score (nSPS) is 15.7. The number of nitrogens with two attached hydrogens (primary N) is 1. The van der Waals surface area contributed by atoms with Gasteiger partial charge in [-0.05, 0) is 22.9 Å². The molecule has 0 radical (unpaired) electrons. The van der Waals surface area contributed by atoms with Crippen molar-refractivity contribution in [1.82, 2.24) is 9.97 Å². The molecule has 0 spiro atoms. The van der Waals surface area contributed by atoms with Crippen LogP contribution in [0.1, 0.15) is 25.5 Å². The van der Waals surface area contributed by atoms with Crippen LogP contribution in [0.2, 0.25) is 0 Å². The summed E-state index contributed by atoms with van der Waals surface area (Å²) in [6.45, 7) is 4.02. The Morgan fingerprint density at radius 1 is 1.50 bits per heavy atom. The lowest BCUT2D eigenvalue weighted by Gasteiger charge is -2.15. The molecular weight excluding hydrogens is 218 g/mol. The maximum Gasteiger partial charge on any atom is 0.115 e. The first kappa shape index (κ1) is 9.61. The lowest BCUT2D eigenvalue weighted by molar-refractivity contribution is 0.594. The van der Waals surface area contributed by atoms with Crippen molar-refractivity contribution in [1.29, 1.82) is 0 Å². The fourth-order valence-electron chi connectivity index (χ4n) is 0.906. The summed E-state index contributed by atoms with van der Waals surface area (Å²) in [5.41, 5.74) is 6.73. The van der Waals surface area contributed by atoms with Crippen LogP contribution >= 0.6 is 15.9 Å². The van der Waals surface area contributed by atoms with Gasteiger partial charge >= 0.3 is 0 Å². The third-order valence-electron chi connectivity index (χ3n) is 1.92. The van der Waals surface area contributed by atoms with Crippen molar-refractivity contribution in [3.8, 4) is 0 Å². The molecule has 12 heavy (non-hydrogen) atoms. The standard InChI is InChI=1S/C8H12BrN3/c1-5(6(2)10)8-7(9)3-11-4-12-8/h3-6H,10H2,1-2H3. The Morgan fingerprint density at radius 2 is 2.17 bits per heavy atom. The van der Waals surface area contributed by atoms with Crippen molar-refractivity contribution in [3.05, 3.63) is 22.7 Å². The van der Waals surface area contributed by atoms with Gasteiger partial charge in [0, 0.05) is 18.2 Å². The second kappa shape index (κ2) is 3.96. The quantitative estimate of drug-likeness (QED) is 0.840. The van der Waals surface area contributed by atoms with Crippen LogP contribution in [0.4, 0.5) is 0 Å². The van der Waals surface area contributed by atoms with Gasteiger partial charge in [-0.2, -0.15) is 0 Å². The van der Waals surface area contributed by atoms with Crippen LogP contribution in [-0.4, -0.2) is 16.0 Å². The molecule has 0 fully saturated rings. The first-order valence-corrected chi connectivity index (χ1v) is 4.63. The molecule has 2 atom stereocenters. The van der Waals surface area contributed by atoms with Crippen LogP contribution in [0.3, 0.4) is 0 Å². The number of hydrogen-bond donors (Lipinski definition) is 1. The molecule has 0 aromatic carbocycles. The highest BCUT2D eigenvalue weighted by atomic mass is 79.9. The lowest BCUT2D eigenvalue weighted by atomic mass is 10.0. The first-order valence-electron chi connectivity index (χ1n) is 3.84. The Bertz CT molecular complexity index is 262. The van der Waals surface area contributed by atoms with E-state index in [-0.39, 0.29) is 12.0 Å². The zero-order valence-electron chi connectivity index (χ0n) is 7.16. The largest absolute Gasteiger partial charge is 0.327 e. The van der Waals surface area contributed by atoms with Crippen LogP contribution in [0.5, 0.6) is 0 Å². The second-order valence-electron chi connectivity index (χ2n) is 2.90. The first-order chi connectivity index (χ1) is 5.63. The molecule has 1 rings (SSSR count). The van der Waals surface area contributed by atoms with Crippen LogP contribution in [0, 0.1) is 0 Å². The molecule has 0 saturated carbocycles. The van der Waals surface area contributed by atoms with E-state index in [1.54, 1.807) is 12.5 Å². The van der Waals surface area contributed by atoms with E-state index in [9.17, 15) is 0 Å². The average Bonchev–Trinajstić information content (AvgIpc) is 2.04. The van der Waals surface area contributed by atoms with E-state index < -0.39 is 0 Å². The minimum atomic E-state index is 0.108. The summed E-state index contributed by atoms with van der Waals surface area (Å²) in [7, 11) is 0. The number of nitrogens with zero attached hydrogens (tertiary/aromatic N) is 2. The van der Waals surface area contributed by atoms with Crippen molar-refractivity contribution < 1.29 is 0 Å². The van der Waals surface area contributed by atoms with Gasteiger partial charge in [0.15, 0.2) is 0 Å². The maximum atomic E-state index is 5.76. The summed E-state index contributed by atoms with van der Waals surface area (Å²) >= 11 is 3.38. The molecule has 0 saturated heterocycles. The van der Waals surface area contributed by atoms with Crippen molar-refractivity contribution in [2.75, 3.05) is 0 Å². The number of hydrogen-bond acceptors (Lipinski definition) is 3. The predicted molar refractivity (Wildman–Crippen MR) is 51.8 cm³/mol. The van der Waals surface area contributed by atoms with Crippen LogP contribution in [0.25, 0.3) is 0 Å². The van der Waals surface area contributed by atoms with Gasteiger partial charge in [0.25, 0.3) is 0 Å². The Hall–Kier alpha value is -0.480. The minimum Gasteiger partial charge on any atom is -0.327 e. The topological polar surface area (TPSA) is 51.8 Å². The van der Waals surface area contributed by atoms with Gasteiger partial charge in [0.1, 0.15) is 6.33 Å². The Balaban J connectivity index is 2.94. The van der Waals surface area contributed by atoms with E-state index in [0.29, 0.717) is 0 Å². The summed E-state index contributed by atoms with van der Waals surface area (Å²) in [6, 6.07) is 0.108. The molecule has 1 heterocycles. The molecule has 0 aliphatic heterocycles. The van der Waals surface area contributed by atoms with E-state index in [1.807, 2.05) is 6.92 Å². The van der Waals surface area contributed by atoms with Crippen molar-refractivity contribution in [2.45, 2.75) is 25.8 Å². The average molecular weight is 230 g/mol. The number of rotatable bonds is 2. The van der Waals surface area contributed by atoms with Gasteiger partial charge in [-0.1, -0.05) is 6.92 Å². The monoisotopic (exact) mass is 229 g/mol. The number of halogens is 1. The number of aromatic nitrogens is 2. The molecule has 4 heteroatoms. The third kappa shape index (κ3) is 2.01. The molecule has 3 nitrogen and oxygen atoms in total. The molecule has 2 N–H and O–H groups in total. The molecule has 0 bridgehead atoms. The summed E-state index contributed by atoms with van der Waals surface area (Å²) in [5, 5.41) is 0. The van der Waals surface area contributed by atoms with Crippen molar-refractivity contribution in [2.24, 2.45) is 5.73 Å². The maximum absolute atomic E-state index is 5.76. The zero-order valence-corrected chi connectivity index (χ0v) is 8.75. The molecule has 1 aromatic heterocycles. The third-order valence-corrected chi connectivity index (χ3v) is 2.53. The van der Waals surface area contributed by atoms with E-state index in [2.05, 4.69) is 32.8 Å². The molecule has 2 unspecified atom stereocenters. The highest BCUT2D eigenvalue weighted by Crippen LogP contribution is 2.22. The zero-order chi connectivity index (χ0) is 9.14. The van der Waals surface area contributed by atoms with Crippen molar-refractivity contribution in [3.63, 3.8) is 0 Å². The second-order valence-corrected chi connectivity index (χ2v) is 3.76. The van der Waals surface area contributed by atoms with Gasteiger partial charge in [-0.25, -0.2) is 9.97 Å². The fraction of sp³-hybridized carbons (Fsp3) is 0.500. The Kier molecular flexibility index (Phi) is 3.17. The smallest absolute Gasteiger partial charge is 0.115 e. The van der Waals surface area contributed by atoms with Gasteiger partial charge < -0.3 is 5.73 Å². The Labute approximate surface area is 80.5 Å². The van der Waals surface area contributed by atoms with Gasteiger partial charge in [-0.15, -0.1) is 0 Å². The van der Waals surface area contributed by atoms with E-state index >= 15 is 0 Å². The summed E-state index contributed by atoms with van der Waals surface area (Å²) in [4.78, 5) is 8.05. The van der Waals surface area contributed by atoms with Gasteiger partial charge in [-0.3, -0.25) is 0 Å². The van der Waals surface area contributed by atoms with Crippen LogP contribution < -0.4 is 5.73 Å². The molecule has 66 valence electrons. The van der Waals surface area contributed by atoms with Crippen LogP contribution in [0.15, 0.2) is 17.0 Å². The van der Waals surface area contributed by atoms with E-state index in [0.717, 1.165) is 10.2 Å². The lowest BCUT2D eigenvalue weighted by Crippen LogP contribution is -2.23. The SMILES string of the molecule is CC(N)C(C)c1ncncc1Br. The summed E-state index contributed by atoms with van der Waals surface area (Å²) < 4.78 is 0.926. The van der Waals surface area contributed by atoms with Crippen LogP contribution in [-0.2, 0) is 0 Å². The molecule has 0 aliphatic rings.